The first-order valence-electron chi connectivity index (χ1n) is 6.72. The lowest BCUT2D eigenvalue weighted by molar-refractivity contribution is 0.103. The number of carbonyl (C=O) groups excluding carboxylic acids is 1. The molecule has 2 aromatic rings. The van der Waals surface area contributed by atoms with Crippen LogP contribution in [-0.2, 0) is 6.42 Å². The Balaban J connectivity index is 1.98. The van der Waals surface area contributed by atoms with Crippen molar-refractivity contribution in [1.29, 1.82) is 0 Å². The summed E-state index contributed by atoms with van der Waals surface area (Å²) in [4.78, 5) is 12.4. The number of fused-ring (bicyclic) bond motifs is 1. The van der Waals surface area contributed by atoms with Crippen molar-refractivity contribution in [3.8, 4) is 5.75 Å². The van der Waals surface area contributed by atoms with Crippen LogP contribution in [0.5, 0.6) is 5.75 Å². The summed E-state index contributed by atoms with van der Waals surface area (Å²) in [6.45, 7) is 2.51. The molecular weight excluding hydrogens is 255 g/mol. The fraction of sp³-hybridized carbons (Fsp3) is 0.235. The molecule has 1 aliphatic rings. The van der Waals surface area contributed by atoms with Crippen LogP contribution in [0.4, 0.5) is 4.39 Å². The summed E-state index contributed by atoms with van der Waals surface area (Å²) in [7, 11) is 0. The van der Waals surface area contributed by atoms with Gasteiger partial charge >= 0.3 is 0 Å². The molecule has 0 atom stereocenters. The molecule has 102 valence electrons. The van der Waals surface area contributed by atoms with Gasteiger partial charge in [-0.2, -0.15) is 0 Å². The molecule has 0 aromatic heterocycles. The lowest BCUT2D eigenvalue weighted by Crippen LogP contribution is -2.10. The predicted molar refractivity (Wildman–Crippen MR) is 74.8 cm³/mol. The van der Waals surface area contributed by atoms with Gasteiger partial charge in [-0.3, -0.25) is 4.79 Å². The van der Waals surface area contributed by atoms with Gasteiger partial charge in [-0.05, 0) is 61.2 Å². The van der Waals surface area contributed by atoms with Gasteiger partial charge in [-0.25, -0.2) is 4.39 Å². The Labute approximate surface area is 117 Å². The van der Waals surface area contributed by atoms with Crippen molar-refractivity contribution in [3.63, 3.8) is 0 Å². The zero-order chi connectivity index (χ0) is 14.1. The molecule has 20 heavy (non-hydrogen) atoms. The zero-order valence-corrected chi connectivity index (χ0v) is 11.3. The second kappa shape index (κ2) is 5.08. The first kappa shape index (κ1) is 12.9. The Kier molecular flexibility index (Phi) is 3.26. The van der Waals surface area contributed by atoms with E-state index in [0.717, 1.165) is 29.7 Å². The Bertz CT molecular complexity index is 677. The normalized spacial score (nSPS) is 13.5. The predicted octanol–water partition coefficient (Wildman–Crippen LogP) is 3.69. The number of ether oxygens (including phenoxy) is 1. The molecular formula is C17H15FO2. The minimum Gasteiger partial charge on any atom is -0.493 e. The topological polar surface area (TPSA) is 26.3 Å². The van der Waals surface area contributed by atoms with E-state index >= 15 is 0 Å². The van der Waals surface area contributed by atoms with Crippen LogP contribution in [0.2, 0.25) is 0 Å². The number of carbonyl (C=O) groups is 1. The highest BCUT2D eigenvalue weighted by molar-refractivity contribution is 6.09. The van der Waals surface area contributed by atoms with Gasteiger partial charge in [0, 0.05) is 5.56 Å². The first-order chi connectivity index (χ1) is 9.65. The fourth-order valence-electron chi connectivity index (χ4n) is 2.46. The van der Waals surface area contributed by atoms with Crippen LogP contribution in [0, 0.1) is 12.7 Å². The summed E-state index contributed by atoms with van der Waals surface area (Å²) in [5.74, 6) is 0.0806. The Morgan fingerprint density at radius 1 is 1.20 bits per heavy atom. The number of hydrogen-bond donors (Lipinski definition) is 0. The molecule has 0 unspecified atom stereocenters. The molecule has 0 aliphatic carbocycles. The van der Waals surface area contributed by atoms with Crippen LogP contribution in [-0.4, -0.2) is 12.4 Å². The maximum atomic E-state index is 13.9. The van der Waals surface area contributed by atoms with Crippen molar-refractivity contribution >= 4 is 5.78 Å². The Hall–Kier alpha value is -2.16. The van der Waals surface area contributed by atoms with Crippen molar-refractivity contribution in [3.05, 3.63) is 64.5 Å². The summed E-state index contributed by atoms with van der Waals surface area (Å²) in [6, 6.07) is 9.99. The molecule has 1 aliphatic heterocycles. The molecule has 2 aromatic carbocycles. The summed E-state index contributed by atoms with van der Waals surface area (Å²) in [5.41, 5.74) is 2.46. The van der Waals surface area contributed by atoms with Crippen molar-refractivity contribution < 1.29 is 13.9 Å². The average Bonchev–Trinajstić information content (AvgIpc) is 2.46. The molecule has 0 amide bonds. The quantitative estimate of drug-likeness (QED) is 0.778. The maximum absolute atomic E-state index is 13.9. The van der Waals surface area contributed by atoms with E-state index in [1.165, 1.54) is 6.07 Å². The molecule has 0 N–H and O–H groups in total. The zero-order valence-electron chi connectivity index (χ0n) is 11.3. The van der Waals surface area contributed by atoms with Gasteiger partial charge in [0.25, 0.3) is 0 Å². The molecule has 3 rings (SSSR count). The number of hydrogen-bond acceptors (Lipinski definition) is 2. The third-order valence-corrected chi connectivity index (χ3v) is 3.54. The standard InChI is InChI=1S/C17H15FO2/c1-11-4-6-14(15(18)9-11)17(19)13-5-7-16-12(10-13)3-2-8-20-16/h4-7,9-10H,2-3,8H2,1H3. The van der Waals surface area contributed by atoms with Gasteiger partial charge in [0.1, 0.15) is 11.6 Å². The monoisotopic (exact) mass is 270 g/mol. The second-order valence-electron chi connectivity index (χ2n) is 5.09. The first-order valence-corrected chi connectivity index (χ1v) is 6.72. The van der Waals surface area contributed by atoms with Gasteiger partial charge in [0.15, 0.2) is 5.78 Å². The molecule has 0 spiro atoms. The molecule has 1 heterocycles. The highest BCUT2D eigenvalue weighted by Crippen LogP contribution is 2.27. The summed E-state index contributed by atoms with van der Waals surface area (Å²) in [5, 5.41) is 0. The van der Waals surface area contributed by atoms with E-state index in [9.17, 15) is 9.18 Å². The summed E-state index contributed by atoms with van der Waals surface area (Å²) >= 11 is 0. The number of rotatable bonds is 2. The van der Waals surface area contributed by atoms with Gasteiger partial charge in [0.05, 0.1) is 12.2 Å². The van der Waals surface area contributed by atoms with E-state index in [-0.39, 0.29) is 11.3 Å². The molecule has 2 nitrogen and oxygen atoms in total. The molecule has 0 fully saturated rings. The average molecular weight is 270 g/mol. The van der Waals surface area contributed by atoms with E-state index in [4.69, 9.17) is 4.74 Å². The summed E-state index contributed by atoms with van der Waals surface area (Å²) < 4.78 is 19.4. The van der Waals surface area contributed by atoms with Gasteiger partial charge in [-0.1, -0.05) is 6.07 Å². The number of ketones is 1. The van der Waals surface area contributed by atoms with Crippen molar-refractivity contribution in [2.45, 2.75) is 19.8 Å². The third kappa shape index (κ3) is 2.31. The third-order valence-electron chi connectivity index (χ3n) is 3.54. The van der Waals surface area contributed by atoms with E-state index in [1.54, 1.807) is 31.2 Å². The minimum atomic E-state index is -0.469. The lowest BCUT2D eigenvalue weighted by Gasteiger charge is -2.17. The highest BCUT2D eigenvalue weighted by Gasteiger charge is 2.17. The SMILES string of the molecule is Cc1ccc(C(=O)c2ccc3c(c2)CCCO3)c(F)c1. The molecule has 3 heteroatoms. The van der Waals surface area contributed by atoms with E-state index < -0.39 is 5.82 Å². The van der Waals surface area contributed by atoms with Crippen LogP contribution in [0.25, 0.3) is 0 Å². The Morgan fingerprint density at radius 2 is 2.05 bits per heavy atom. The van der Waals surface area contributed by atoms with Crippen LogP contribution in [0.1, 0.15) is 33.5 Å². The molecule has 0 saturated carbocycles. The van der Waals surface area contributed by atoms with Crippen LogP contribution < -0.4 is 4.74 Å². The largest absolute Gasteiger partial charge is 0.493 e. The number of benzene rings is 2. The summed E-state index contributed by atoms with van der Waals surface area (Å²) in [6.07, 6.45) is 1.84. The van der Waals surface area contributed by atoms with Crippen LogP contribution in [0.3, 0.4) is 0 Å². The van der Waals surface area contributed by atoms with Gasteiger partial charge in [-0.15, -0.1) is 0 Å². The second-order valence-corrected chi connectivity index (χ2v) is 5.09. The fourth-order valence-corrected chi connectivity index (χ4v) is 2.46. The molecule has 0 saturated heterocycles. The maximum Gasteiger partial charge on any atom is 0.195 e. The number of halogens is 1. The van der Waals surface area contributed by atoms with Crippen LogP contribution in [0.15, 0.2) is 36.4 Å². The number of aryl methyl sites for hydroxylation is 2. The minimum absolute atomic E-state index is 0.118. The van der Waals surface area contributed by atoms with E-state index in [0.29, 0.717) is 12.2 Å². The van der Waals surface area contributed by atoms with E-state index in [1.807, 2.05) is 6.07 Å². The highest BCUT2D eigenvalue weighted by atomic mass is 19.1. The van der Waals surface area contributed by atoms with E-state index in [2.05, 4.69) is 0 Å². The molecule has 0 radical (unpaired) electrons. The molecule has 0 bridgehead atoms. The van der Waals surface area contributed by atoms with Crippen molar-refractivity contribution in [1.82, 2.24) is 0 Å². The Morgan fingerprint density at radius 3 is 2.85 bits per heavy atom. The van der Waals surface area contributed by atoms with Gasteiger partial charge < -0.3 is 4.74 Å². The van der Waals surface area contributed by atoms with Crippen molar-refractivity contribution in [2.24, 2.45) is 0 Å². The van der Waals surface area contributed by atoms with Gasteiger partial charge in [0.2, 0.25) is 0 Å². The smallest absolute Gasteiger partial charge is 0.195 e. The van der Waals surface area contributed by atoms with Crippen molar-refractivity contribution in [2.75, 3.05) is 6.61 Å². The van der Waals surface area contributed by atoms with Crippen LogP contribution >= 0.6 is 0 Å². The lowest BCUT2D eigenvalue weighted by atomic mass is 9.97.